The Balaban J connectivity index is 1.00. The van der Waals surface area contributed by atoms with Crippen molar-refractivity contribution in [1.29, 1.82) is 0 Å². The van der Waals surface area contributed by atoms with Crippen LogP contribution in [-0.4, -0.2) is 233 Å². The summed E-state index contributed by atoms with van der Waals surface area (Å²) in [6.45, 7) is 16.6. The van der Waals surface area contributed by atoms with Crippen LogP contribution in [0.25, 0.3) is 0 Å². The average molecular weight is 1150 g/mol. The summed E-state index contributed by atoms with van der Waals surface area (Å²) in [5, 5.41) is 143. The van der Waals surface area contributed by atoms with E-state index in [9.17, 15) is 71.2 Å². The molecule has 0 aromatic heterocycles. The molecule has 4 aliphatic heterocycles. The van der Waals surface area contributed by atoms with E-state index < -0.39 is 178 Å². The fourth-order valence-electron chi connectivity index (χ4n) is 16.4. The number of hydrogen-bond acceptors (Lipinski definition) is 23. The average Bonchev–Trinajstić information content (AvgIpc) is 2.95. The van der Waals surface area contributed by atoms with Crippen molar-refractivity contribution in [2.75, 3.05) is 26.4 Å². The van der Waals surface area contributed by atoms with Gasteiger partial charge in [-0.2, -0.15) is 0 Å². The third-order valence-corrected chi connectivity index (χ3v) is 21.1. The lowest BCUT2D eigenvalue weighted by molar-refractivity contribution is -0.378. The van der Waals surface area contributed by atoms with Gasteiger partial charge in [0.25, 0.3) is 0 Å². The molecule has 4 saturated carbocycles. The molecule has 29 atom stereocenters. The number of fused-ring (bicyclic) bond motifs is 5. The molecule has 4 aliphatic carbocycles. The van der Waals surface area contributed by atoms with Gasteiger partial charge in [0.1, 0.15) is 98.2 Å². The summed E-state index contributed by atoms with van der Waals surface area (Å²) in [6.07, 6.45) is -20.2. The first-order valence-corrected chi connectivity index (χ1v) is 28.9. The van der Waals surface area contributed by atoms with Crippen LogP contribution in [0.2, 0.25) is 0 Å². The molecule has 4 saturated heterocycles. The van der Waals surface area contributed by atoms with Crippen molar-refractivity contribution in [3.8, 4) is 0 Å². The van der Waals surface area contributed by atoms with Gasteiger partial charge in [-0.3, -0.25) is 0 Å². The summed E-state index contributed by atoms with van der Waals surface area (Å²) >= 11 is 0. The summed E-state index contributed by atoms with van der Waals surface area (Å²) in [4.78, 5) is 12.1. The maximum absolute atomic E-state index is 12.9. The molecule has 8 aliphatic rings. The highest BCUT2D eigenvalue weighted by Crippen LogP contribution is 2.76. The van der Waals surface area contributed by atoms with Gasteiger partial charge in [-0.25, -0.2) is 4.79 Å². The summed E-state index contributed by atoms with van der Waals surface area (Å²) in [7, 11) is 0. The topological polar surface area (TPSA) is 363 Å². The molecule has 8 fully saturated rings. The highest BCUT2D eigenvalue weighted by atomic mass is 16.8. The molecule has 0 unspecified atom stereocenters. The zero-order chi connectivity index (χ0) is 58.8. The minimum Gasteiger partial charge on any atom is -0.460 e. The molecule has 23 nitrogen and oxygen atoms in total. The standard InChI is InChI=1S/C57H94O23/c1-10-12-36(61)72-24-31-40(64)42(66)46(70)50(76-31)79-48-44(68)38(62)29(22-58)75-52(48)78-35-16-18-54(6)33(53(35,4)5)15-20-55(7)34(54)21-28(60)37-27(14-19-56(37,55)8)57(9,17-11-13-26(2)3)80-51-47(71)43(67)41(65)32(77-51)25-73-49-45(69)39(63)30(23-59)74-49/h10,12-13,27-35,37-52,58-60,62-71H,11,14-25H2,1-9H3/b12-10+/t27-,28+,29+,30-,31+,32+,33-,34+,35-,37-,38+,39-,40+,41+,42-,43-,44-,45+,46+,47+,48+,49+,50-,51-,52-,54-,55+,56+,57-/m0/s1. The lowest BCUT2D eigenvalue weighted by Crippen LogP contribution is -2.68. The van der Waals surface area contributed by atoms with Crippen LogP contribution in [-0.2, 0) is 47.4 Å². The van der Waals surface area contributed by atoms with E-state index >= 15 is 0 Å². The van der Waals surface area contributed by atoms with Crippen molar-refractivity contribution < 1.29 is 114 Å². The van der Waals surface area contributed by atoms with Crippen LogP contribution >= 0.6 is 0 Å². The van der Waals surface area contributed by atoms with Crippen LogP contribution in [0.3, 0.4) is 0 Å². The molecule has 23 heteroatoms. The second-order valence-electron chi connectivity index (χ2n) is 26.2. The van der Waals surface area contributed by atoms with E-state index in [4.69, 9.17) is 42.6 Å². The SMILES string of the molecule is C/C=C/C(=O)OC[C@H]1O[C@@H](O[C@H]2[C@H](O[C@H]3CC[C@]4(C)[C@H]5C[C@@H](O)[C@@H]6[C@@H]([C@](C)(CCC=C(C)C)O[C@@H]7O[C@H](CO[C@@H]8O[C@@H](CO)[C@H](O)[C@H]8O)[C@@H](O)[C@H](O)[C@H]7O)CC[C@@]6(C)[C@]5(C)CC[C@H]4C3(C)C)O[C@H](CO)[C@@H](O)[C@@H]2O)[C@H](O)[C@@H](O)[C@@H]1O. The number of carbonyl (C=O) groups is 1. The van der Waals surface area contributed by atoms with Gasteiger partial charge in [0.15, 0.2) is 25.2 Å². The minimum absolute atomic E-state index is 0.0284. The number of ether oxygens (including phenoxy) is 9. The number of rotatable bonds is 18. The maximum atomic E-state index is 12.9. The molecular weight excluding hydrogens is 1050 g/mol. The monoisotopic (exact) mass is 1150 g/mol. The minimum atomic E-state index is -1.86. The molecule has 0 amide bonds. The number of hydrogen-bond donors (Lipinski definition) is 13. The van der Waals surface area contributed by atoms with Crippen LogP contribution in [0, 0.1) is 45.3 Å². The van der Waals surface area contributed by atoms with Gasteiger partial charge in [0.05, 0.1) is 37.6 Å². The van der Waals surface area contributed by atoms with Crippen molar-refractivity contribution in [3.05, 3.63) is 23.8 Å². The van der Waals surface area contributed by atoms with E-state index in [0.29, 0.717) is 38.5 Å². The zero-order valence-corrected chi connectivity index (χ0v) is 47.8. The summed E-state index contributed by atoms with van der Waals surface area (Å²) in [6, 6.07) is 0. The lowest BCUT2D eigenvalue weighted by atomic mass is 9.35. The molecule has 0 radical (unpaired) electrons. The van der Waals surface area contributed by atoms with Crippen molar-refractivity contribution in [1.82, 2.24) is 0 Å². The van der Waals surface area contributed by atoms with Gasteiger partial charge in [0.2, 0.25) is 0 Å². The Morgan fingerprint density at radius 3 is 1.79 bits per heavy atom. The Morgan fingerprint density at radius 2 is 1.16 bits per heavy atom. The second kappa shape index (κ2) is 24.8. The predicted octanol–water partition coefficient (Wildman–Crippen LogP) is -0.436. The molecule has 0 aromatic rings. The van der Waals surface area contributed by atoms with Crippen molar-refractivity contribution in [2.24, 2.45) is 45.3 Å². The lowest BCUT2D eigenvalue weighted by Gasteiger charge is -2.71. The van der Waals surface area contributed by atoms with Gasteiger partial charge in [-0.15, -0.1) is 0 Å². The molecule has 8 rings (SSSR count). The van der Waals surface area contributed by atoms with Crippen LogP contribution in [0.4, 0.5) is 0 Å². The predicted molar refractivity (Wildman–Crippen MR) is 279 cm³/mol. The van der Waals surface area contributed by atoms with Gasteiger partial charge >= 0.3 is 5.97 Å². The molecule has 460 valence electrons. The largest absolute Gasteiger partial charge is 0.460 e. The van der Waals surface area contributed by atoms with Crippen molar-refractivity contribution in [2.45, 2.75) is 255 Å². The smallest absolute Gasteiger partial charge is 0.330 e. The van der Waals surface area contributed by atoms with Crippen LogP contribution in [0.5, 0.6) is 0 Å². The Hall–Kier alpha value is -1.89. The first-order chi connectivity index (χ1) is 37.5. The van der Waals surface area contributed by atoms with Gasteiger partial charge < -0.3 is 109 Å². The van der Waals surface area contributed by atoms with Crippen molar-refractivity contribution >= 4 is 5.97 Å². The molecule has 0 aromatic carbocycles. The fourth-order valence-corrected chi connectivity index (χ4v) is 16.4. The Labute approximate surface area is 468 Å². The highest BCUT2D eigenvalue weighted by Gasteiger charge is 2.72. The van der Waals surface area contributed by atoms with Gasteiger partial charge in [-0.1, -0.05) is 52.3 Å². The Kier molecular flexibility index (Phi) is 19.9. The molecule has 0 spiro atoms. The quantitative estimate of drug-likeness (QED) is 0.0358. The first kappa shape index (κ1) is 64.1. The van der Waals surface area contributed by atoms with E-state index in [0.717, 1.165) is 30.9 Å². The maximum Gasteiger partial charge on any atom is 0.330 e. The summed E-state index contributed by atoms with van der Waals surface area (Å²) in [5.74, 6) is -1.20. The molecule has 80 heavy (non-hydrogen) atoms. The van der Waals surface area contributed by atoms with E-state index in [1.807, 2.05) is 20.8 Å². The number of aliphatic hydroxyl groups is 13. The molecule has 13 N–H and O–H groups in total. The third-order valence-electron chi connectivity index (χ3n) is 21.1. The number of aliphatic hydroxyl groups excluding tert-OH is 13. The third kappa shape index (κ3) is 11.6. The van der Waals surface area contributed by atoms with Crippen LogP contribution < -0.4 is 0 Å². The number of esters is 1. The van der Waals surface area contributed by atoms with Gasteiger partial charge in [-0.05, 0) is 131 Å². The summed E-state index contributed by atoms with van der Waals surface area (Å²) in [5.41, 5.74) is -1.57. The highest BCUT2D eigenvalue weighted by molar-refractivity contribution is 5.81. The number of carbonyl (C=O) groups excluding carboxylic acids is 1. The number of allylic oxidation sites excluding steroid dienone is 3. The fraction of sp³-hybridized carbons (Fsp3) is 0.912. The first-order valence-electron chi connectivity index (χ1n) is 28.9. The van der Waals surface area contributed by atoms with E-state index in [1.54, 1.807) is 6.92 Å². The van der Waals surface area contributed by atoms with E-state index in [2.05, 4.69) is 40.7 Å². The van der Waals surface area contributed by atoms with E-state index in [1.165, 1.54) is 6.08 Å². The molecule has 4 heterocycles. The summed E-state index contributed by atoms with van der Waals surface area (Å²) < 4.78 is 54.5. The van der Waals surface area contributed by atoms with E-state index in [-0.39, 0.29) is 34.5 Å². The van der Waals surface area contributed by atoms with Crippen LogP contribution in [0.15, 0.2) is 23.8 Å². The zero-order valence-electron chi connectivity index (χ0n) is 47.8. The Bertz CT molecular complexity index is 2150. The Morgan fingerprint density at radius 1 is 0.613 bits per heavy atom. The normalized spacial score (nSPS) is 50.0. The van der Waals surface area contributed by atoms with Crippen LogP contribution in [0.1, 0.15) is 120 Å². The second-order valence-corrected chi connectivity index (χ2v) is 26.2. The van der Waals surface area contributed by atoms with Gasteiger partial charge in [0, 0.05) is 6.08 Å². The van der Waals surface area contributed by atoms with Crippen molar-refractivity contribution in [3.63, 3.8) is 0 Å². The molecular formula is C57H94O23. The molecule has 0 bridgehead atoms.